The van der Waals surface area contributed by atoms with Crippen LogP contribution in [0.5, 0.6) is 0 Å². The number of rotatable bonds is 3. The summed E-state index contributed by atoms with van der Waals surface area (Å²) in [5.74, 6) is -0.0724. The van der Waals surface area contributed by atoms with Gasteiger partial charge in [-0.3, -0.25) is 4.79 Å². The highest BCUT2D eigenvalue weighted by molar-refractivity contribution is 9.12. The Hall–Kier alpha value is -0.360. The van der Waals surface area contributed by atoms with Gasteiger partial charge < -0.3 is 0 Å². The van der Waals surface area contributed by atoms with Crippen LogP contribution in [0.2, 0.25) is 0 Å². The van der Waals surface area contributed by atoms with Crippen molar-refractivity contribution in [3.05, 3.63) is 35.4 Å². The number of hydrogen-bond acceptors (Lipinski definition) is 1. The summed E-state index contributed by atoms with van der Waals surface area (Å²) in [5.41, 5.74) is -0.872. The van der Waals surface area contributed by atoms with Gasteiger partial charge in [0.25, 0.3) is 0 Å². The van der Waals surface area contributed by atoms with Crippen LogP contribution in [0.25, 0.3) is 0 Å². The summed E-state index contributed by atoms with van der Waals surface area (Å²) in [6, 6.07) is 4.98. The molecule has 20 heavy (non-hydrogen) atoms. The first-order chi connectivity index (χ1) is 8.94. The summed E-state index contributed by atoms with van der Waals surface area (Å²) in [5, 5.41) is 0. The van der Waals surface area contributed by atoms with Crippen molar-refractivity contribution >= 4 is 37.6 Å². The Balaban J connectivity index is 3.04. The van der Waals surface area contributed by atoms with E-state index in [1.807, 2.05) is 0 Å². The van der Waals surface area contributed by atoms with Crippen LogP contribution >= 0.6 is 31.9 Å². The van der Waals surface area contributed by atoms with Gasteiger partial charge in [0, 0.05) is 5.41 Å². The van der Waals surface area contributed by atoms with Gasteiger partial charge in [0.05, 0.1) is 15.2 Å². The first-order valence-electron chi connectivity index (χ1n) is 5.94. The van der Waals surface area contributed by atoms with Crippen molar-refractivity contribution in [2.45, 2.75) is 36.6 Å². The van der Waals surface area contributed by atoms with Crippen molar-refractivity contribution in [3.63, 3.8) is 0 Å². The van der Waals surface area contributed by atoms with E-state index in [-0.39, 0.29) is 5.78 Å². The summed E-state index contributed by atoms with van der Waals surface area (Å²) < 4.78 is 38.1. The Morgan fingerprint density at radius 2 is 1.70 bits per heavy atom. The highest BCUT2D eigenvalue weighted by Crippen LogP contribution is 2.38. The summed E-state index contributed by atoms with van der Waals surface area (Å²) in [4.78, 5) is 11.1. The maximum atomic E-state index is 12.7. The molecule has 0 bridgehead atoms. The molecular weight excluding hydrogens is 401 g/mol. The Kier molecular flexibility index (Phi) is 5.46. The highest BCUT2D eigenvalue weighted by Gasteiger charge is 2.35. The molecule has 0 heterocycles. The Morgan fingerprint density at radius 3 is 2.15 bits per heavy atom. The molecule has 0 fully saturated rings. The molecule has 6 heteroatoms. The van der Waals surface area contributed by atoms with E-state index >= 15 is 0 Å². The lowest BCUT2D eigenvalue weighted by Gasteiger charge is -2.24. The molecule has 0 saturated heterocycles. The number of halogens is 5. The summed E-state index contributed by atoms with van der Waals surface area (Å²) in [6.45, 7) is 5.32. The lowest BCUT2D eigenvalue weighted by Crippen LogP contribution is -2.31. The highest BCUT2D eigenvalue weighted by atomic mass is 79.9. The molecule has 0 aliphatic heterocycles. The standard InChI is InChI=1S/C14H15Br2F3O/c1-13(2,3)12(20)11(16)10(15)8-5-4-6-9(7-8)14(17,18)19/h4-7,10-11H,1-3H3/t10-,11+/m0/s1. The summed E-state index contributed by atoms with van der Waals surface area (Å²) in [7, 11) is 0. The molecule has 0 spiro atoms. The van der Waals surface area contributed by atoms with Crippen LogP contribution in [0.4, 0.5) is 13.2 Å². The summed E-state index contributed by atoms with van der Waals surface area (Å²) in [6.07, 6.45) is -4.39. The molecule has 0 aliphatic rings. The Morgan fingerprint density at radius 1 is 1.15 bits per heavy atom. The van der Waals surface area contributed by atoms with Gasteiger partial charge in [-0.2, -0.15) is 13.2 Å². The molecule has 1 aromatic carbocycles. The molecule has 0 N–H and O–H groups in total. The van der Waals surface area contributed by atoms with Crippen molar-refractivity contribution in [3.8, 4) is 0 Å². The lowest BCUT2D eigenvalue weighted by atomic mass is 9.87. The van der Waals surface area contributed by atoms with E-state index in [0.29, 0.717) is 5.56 Å². The molecule has 0 aliphatic carbocycles. The first kappa shape index (κ1) is 17.7. The van der Waals surface area contributed by atoms with Gasteiger partial charge in [-0.25, -0.2) is 0 Å². The molecule has 0 unspecified atom stereocenters. The van der Waals surface area contributed by atoms with E-state index in [9.17, 15) is 18.0 Å². The SMILES string of the molecule is CC(C)(C)C(=O)[C@H](Br)[C@@H](Br)c1cccc(C(F)(F)F)c1. The second kappa shape index (κ2) is 6.18. The van der Waals surface area contributed by atoms with Gasteiger partial charge in [-0.15, -0.1) is 0 Å². The van der Waals surface area contributed by atoms with Crippen molar-refractivity contribution in [2.24, 2.45) is 5.41 Å². The monoisotopic (exact) mass is 414 g/mol. The topological polar surface area (TPSA) is 17.1 Å². The van der Waals surface area contributed by atoms with E-state index in [4.69, 9.17) is 0 Å². The smallest absolute Gasteiger partial charge is 0.298 e. The minimum absolute atomic E-state index is 0.0724. The fraction of sp³-hybridized carbons (Fsp3) is 0.500. The van der Waals surface area contributed by atoms with Gasteiger partial charge in [0.1, 0.15) is 0 Å². The van der Waals surface area contributed by atoms with Crippen molar-refractivity contribution < 1.29 is 18.0 Å². The Labute approximate surface area is 133 Å². The molecule has 0 amide bonds. The third-order valence-electron chi connectivity index (χ3n) is 2.78. The molecule has 0 saturated carbocycles. The molecule has 0 aromatic heterocycles. The number of carbonyl (C=O) groups excluding carboxylic acids is 1. The van der Waals surface area contributed by atoms with E-state index in [1.54, 1.807) is 26.8 Å². The number of hydrogen-bond donors (Lipinski definition) is 0. The van der Waals surface area contributed by atoms with E-state index in [0.717, 1.165) is 12.1 Å². The predicted molar refractivity (Wildman–Crippen MR) is 80.3 cm³/mol. The fourth-order valence-corrected chi connectivity index (χ4v) is 3.12. The second-order valence-corrected chi connectivity index (χ2v) is 7.51. The van der Waals surface area contributed by atoms with Crippen LogP contribution in [0.3, 0.4) is 0 Å². The van der Waals surface area contributed by atoms with Crippen molar-refractivity contribution in [1.82, 2.24) is 0 Å². The van der Waals surface area contributed by atoms with Crippen LogP contribution < -0.4 is 0 Å². The minimum Gasteiger partial charge on any atom is -0.298 e. The average molecular weight is 416 g/mol. The maximum Gasteiger partial charge on any atom is 0.416 e. The van der Waals surface area contributed by atoms with Gasteiger partial charge in [0.2, 0.25) is 0 Å². The largest absolute Gasteiger partial charge is 0.416 e. The van der Waals surface area contributed by atoms with Gasteiger partial charge in [-0.05, 0) is 11.6 Å². The average Bonchev–Trinajstić information content (AvgIpc) is 2.34. The summed E-state index contributed by atoms with van der Waals surface area (Å²) >= 11 is 6.59. The number of benzene rings is 1. The number of ketones is 1. The second-order valence-electron chi connectivity index (χ2n) is 5.54. The quantitative estimate of drug-likeness (QED) is 0.594. The van der Waals surface area contributed by atoms with Gasteiger partial charge in [0.15, 0.2) is 5.78 Å². The molecule has 112 valence electrons. The van der Waals surface area contributed by atoms with Crippen LogP contribution in [0.1, 0.15) is 36.7 Å². The normalized spacial score (nSPS) is 15.8. The van der Waals surface area contributed by atoms with Crippen LogP contribution in [0.15, 0.2) is 24.3 Å². The lowest BCUT2D eigenvalue weighted by molar-refractivity contribution is -0.137. The Bertz CT molecular complexity index is 492. The zero-order valence-corrected chi connectivity index (χ0v) is 14.4. The molecule has 1 nitrogen and oxygen atoms in total. The predicted octanol–water partition coefficient (Wildman–Crippen LogP) is 5.52. The van der Waals surface area contributed by atoms with Crippen molar-refractivity contribution in [2.75, 3.05) is 0 Å². The van der Waals surface area contributed by atoms with Crippen LogP contribution in [0, 0.1) is 5.41 Å². The zero-order chi connectivity index (χ0) is 15.7. The number of carbonyl (C=O) groups is 1. The molecule has 2 atom stereocenters. The van der Waals surface area contributed by atoms with Crippen LogP contribution in [-0.4, -0.2) is 10.6 Å². The van der Waals surface area contributed by atoms with E-state index in [1.165, 1.54) is 6.07 Å². The molecule has 0 radical (unpaired) electrons. The first-order valence-corrected chi connectivity index (χ1v) is 7.77. The van der Waals surface area contributed by atoms with Gasteiger partial charge in [-0.1, -0.05) is 70.8 Å². The van der Waals surface area contributed by atoms with E-state index < -0.39 is 26.8 Å². The number of alkyl halides is 5. The maximum absolute atomic E-state index is 12.7. The van der Waals surface area contributed by atoms with Gasteiger partial charge >= 0.3 is 6.18 Å². The molecule has 1 aromatic rings. The van der Waals surface area contributed by atoms with Crippen molar-refractivity contribution in [1.29, 1.82) is 0 Å². The third kappa shape index (κ3) is 4.32. The fourth-order valence-electron chi connectivity index (χ4n) is 1.60. The zero-order valence-electron chi connectivity index (χ0n) is 11.3. The molecular formula is C14H15Br2F3O. The molecule has 1 rings (SSSR count). The third-order valence-corrected chi connectivity index (χ3v) is 5.49. The van der Waals surface area contributed by atoms with E-state index in [2.05, 4.69) is 31.9 Å². The van der Waals surface area contributed by atoms with Crippen LogP contribution in [-0.2, 0) is 11.0 Å². The minimum atomic E-state index is -4.39. The number of Topliss-reactive ketones (excluding diaryl/α,β-unsaturated/α-hetero) is 1.